The summed E-state index contributed by atoms with van der Waals surface area (Å²) in [6.45, 7) is 3.66. The van der Waals surface area contributed by atoms with Gasteiger partial charge in [-0.25, -0.2) is 9.59 Å². The summed E-state index contributed by atoms with van der Waals surface area (Å²) >= 11 is 5.73. The molecule has 1 N–H and O–H groups in total. The van der Waals surface area contributed by atoms with Crippen molar-refractivity contribution in [3.8, 4) is 5.75 Å². The van der Waals surface area contributed by atoms with Gasteiger partial charge in [-0.2, -0.15) is 0 Å². The predicted molar refractivity (Wildman–Crippen MR) is 108 cm³/mol. The van der Waals surface area contributed by atoms with E-state index >= 15 is 0 Å². The summed E-state index contributed by atoms with van der Waals surface area (Å²) in [5, 5.41) is 13.8. The van der Waals surface area contributed by atoms with E-state index in [-0.39, 0.29) is 34.0 Å². The van der Waals surface area contributed by atoms with Gasteiger partial charge in [0.15, 0.2) is 0 Å². The van der Waals surface area contributed by atoms with Gasteiger partial charge in [-0.3, -0.25) is 14.9 Å². The number of ether oxygens (including phenoxy) is 1. The third kappa shape index (κ3) is 4.36. The number of nitrogens with one attached hydrogen (secondary N) is 1. The fraction of sp³-hybridized carbons (Fsp3) is 0.0500. The number of nitro groups is 1. The second-order valence-corrected chi connectivity index (χ2v) is 6.37. The molecule has 0 atom stereocenters. The van der Waals surface area contributed by atoms with E-state index in [4.69, 9.17) is 20.8 Å². The molecule has 0 saturated heterocycles. The second kappa shape index (κ2) is 8.58. The number of rotatable bonds is 6. The van der Waals surface area contributed by atoms with Crippen LogP contribution in [0.25, 0.3) is 11.0 Å². The standard InChI is InChI=1S/C20H13ClN2O7/c1-2-7-22-18(24)14-8-11-3-5-13(10-17(11)30-20(14)26)29-19(25)12-4-6-15(21)16(9-12)23(27)28/h2-6,8-10H,1,7H2,(H,22,24). The number of fused-ring (bicyclic) bond motifs is 1. The van der Waals surface area contributed by atoms with E-state index in [0.717, 1.165) is 6.07 Å². The van der Waals surface area contributed by atoms with Crippen molar-refractivity contribution in [1.29, 1.82) is 0 Å². The molecule has 0 aliphatic heterocycles. The van der Waals surface area contributed by atoms with Crippen LogP contribution in [0.15, 0.2) is 64.3 Å². The number of halogens is 1. The van der Waals surface area contributed by atoms with Gasteiger partial charge in [-0.05, 0) is 30.3 Å². The van der Waals surface area contributed by atoms with E-state index in [1.54, 1.807) is 0 Å². The smallest absolute Gasteiger partial charge is 0.349 e. The van der Waals surface area contributed by atoms with Gasteiger partial charge >= 0.3 is 11.6 Å². The second-order valence-electron chi connectivity index (χ2n) is 5.96. The molecule has 3 rings (SSSR count). The SMILES string of the molecule is C=CCNC(=O)c1cc2ccc(OC(=O)c3ccc(Cl)c([N+](=O)[O-])c3)cc2oc1=O. The number of nitro benzene ring substituents is 1. The molecule has 1 heterocycles. The highest BCUT2D eigenvalue weighted by Crippen LogP contribution is 2.26. The number of hydrogen-bond acceptors (Lipinski definition) is 7. The number of nitrogens with zero attached hydrogens (tertiary/aromatic N) is 1. The maximum Gasteiger partial charge on any atom is 0.349 e. The van der Waals surface area contributed by atoms with Gasteiger partial charge in [-0.15, -0.1) is 6.58 Å². The molecule has 0 unspecified atom stereocenters. The third-order valence-electron chi connectivity index (χ3n) is 3.95. The lowest BCUT2D eigenvalue weighted by Gasteiger charge is -2.07. The van der Waals surface area contributed by atoms with Crippen molar-refractivity contribution in [3.05, 3.63) is 91.8 Å². The molecule has 0 fully saturated rings. The summed E-state index contributed by atoms with van der Waals surface area (Å²) in [6.07, 6.45) is 1.47. The van der Waals surface area contributed by atoms with Gasteiger partial charge in [0, 0.05) is 24.1 Å². The molecule has 10 heteroatoms. The quantitative estimate of drug-likeness (QED) is 0.159. The summed E-state index contributed by atoms with van der Waals surface area (Å²) in [6, 6.07) is 9.07. The van der Waals surface area contributed by atoms with Crippen molar-refractivity contribution in [3.63, 3.8) is 0 Å². The zero-order valence-electron chi connectivity index (χ0n) is 15.2. The first-order valence-electron chi connectivity index (χ1n) is 8.43. The molecule has 0 saturated carbocycles. The Morgan fingerprint density at radius 2 is 2.00 bits per heavy atom. The maximum absolute atomic E-state index is 12.3. The van der Waals surface area contributed by atoms with Crippen LogP contribution in [0.3, 0.4) is 0 Å². The largest absolute Gasteiger partial charge is 0.423 e. The van der Waals surface area contributed by atoms with Crippen LogP contribution in [0, 0.1) is 10.1 Å². The van der Waals surface area contributed by atoms with E-state index in [9.17, 15) is 24.5 Å². The molecule has 3 aromatic rings. The highest BCUT2D eigenvalue weighted by atomic mass is 35.5. The lowest BCUT2D eigenvalue weighted by molar-refractivity contribution is -0.384. The lowest BCUT2D eigenvalue weighted by atomic mass is 10.1. The highest BCUT2D eigenvalue weighted by Gasteiger charge is 2.18. The van der Waals surface area contributed by atoms with Crippen molar-refractivity contribution in [2.45, 2.75) is 0 Å². The van der Waals surface area contributed by atoms with Crippen molar-refractivity contribution in [1.82, 2.24) is 5.32 Å². The fourth-order valence-electron chi connectivity index (χ4n) is 2.52. The molecular weight excluding hydrogens is 416 g/mol. The molecule has 152 valence electrons. The number of carbonyl (C=O) groups is 2. The van der Waals surface area contributed by atoms with Crippen molar-refractivity contribution < 1.29 is 23.7 Å². The van der Waals surface area contributed by atoms with E-state index in [0.29, 0.717) is 5.39 Å². The molecule has 30 heavy (non-hydrogen) atoms. The minimum Gasteiger partial charge on any atom is -0.423 e. The normalized spacial score (nSPS) is 10.4. The molecule has 2 aromatic carbocycles. The zero-order valence-corrected chi connectivity index (χ0v) is 16.0. The Morgan fingerprint density at radius 3 is 2.70 bits per heavy atom. The fourth-order valence-corrected chi connectivity index (χ4v) is 2.71. The van der Waals surface area contributed by atoms with E-state index in [2.05, 4.69) is 11.9 Å². The predicted octanol–water partition coefficient (Wildman–Crippen LogP) is 3.49. The molecule has 0 bridgehead atoms. The first-order valence-corrected chi connectivity index (χ1v) is 8.81. The number of esters is 1. The molecule has 0 aliphatic carbocycles. The Morgan fingerprint density at radius 1 is 1.23 bits per heavy atom. The van der Waals surface area contributed by atoms with Crippen LogP contribution >= 0.6 is 11.6 Å². The van der Waals surface area contributed by atoms with Gasteiger partial charge in [0.25, 0.3) is 11.6 Å². The maximum atomic E-state index is 12.3. The molecule has 1 aromatic heterocycles. The minimum absolute atomic E-state index is 0.0390. The monoisotopic (exact) mass is 428 g/mol. The molecule has 0 spiro atoms. The van der Waals surface area contributed by atoms with Gasteiger partial charge in [0.2, 0.25) is 0 Å². The van der Waals surface area contributed by atoms with Crippen LogP contribution in [0.1, 0.15) is 20.7 Å². The first-order chi connectivity index (χ1) is 14.3. The van der Waals surface area contributed by atoms with Crippen molar-refractivity contribution in [2.24, 2.45) is 0 Å². The van der Waals surface area contributed by atoms with Gasteiger partial charge in [0.05, 0.1) is 10.5 Å². The number of carbonyl (C=O) groups excluding carboxylic acids is 2. The van der Waals surface area contributed by atoms with Crippen LogP contribution in [0.4, 0.5) is 5.69 Å². The van der Waals surface area contributed by atoms with E-state index in [1.807, 2.05) is 0 Å². The molecular formula is C20H13ClN2O7. The summed E-state index contributed by atoms with van der Waals surface area (Å²) in [7, 11) is 0. The average Bonchev–Trinajstić information content (AvgIpc) is 2.71. The summed E-state index contributed by atoms with van der Waals surface area (Å²) in [5.41, 5.74) is -1.46. The van der Waals surface area contributed by atoms with Crippen LogP contribution < -0.4 is 15.7 Å². The minimum atomic E-state index is -0.864. The Bertz CT molecular complexity index is 1250. The van der Waals surface area contributed by atoms with Gasteiger partial charge in [0.1, 0.15) is 21.9 Å². The molecule has 9 nitrogen and oxygen atoms in total. The van der Waals surface area contributed by atoms with Crippen LogP contribution in [-0.2, 0) is 0 Å². The Hall–Kier alpha value is -3.98. The highest BCUT2D eigenvalue weighted by molar-refractivity contribution is 6.32. The van der Waals surface area contributed by atoms with Gasteiger partial charge in [-0.1, -0.05) is 17.7 Å². The van der Waals surface area contributed by atoms with Gasteiger partial charge < -0.3 is 14.5 Å². The average molecular weight is 429 g/mol. The van der Waals surface area contributed by atoms with Crippen molar-refractivity contribution >= 4 is 40.1 Å². The number of amides is 1. The topological polar surface area (TPSA) is 129 Å². The Labute approximate surface area is 173 Å². The van der Waals surface area contributed by atoms with Crippen LogP contribution in [0.5, 0.6) is 5.75 Å². The first kappa shape index (κ1) is 20.7. The zero-order chi connectivity index (χ0) is 21.8. The van der Waals surface area contributed by atoms with Crippen LogP contribution in [-0.4, -0.2) is 23.3 Å². The summed E-state index contributed by atoms with van der Waals surface area (Å²) in [4.78, 5) is 46.6. The van der Waals surface area contributed by atoms with E-state index in [1.165, 1.54) is 42.5 Å². The summed E-state index contributed by atoms with van der Waals surface area (Å²) in [5.74, 6) is -1.43. The number of hydrogen-bond donors (Lipinski definition) is 1. The lowest BCUT2D eigenvalue weighted by Crippen LogP contribution is -2.28. The number of benzene rings is 2. The Balaban J connectivity index is 1.87. The Kier molecular flexibility index (Phi) is 5.93. The van der Waals surface area contributed by atoms with E-state index < -0.39 is 28.1 Å². The van der Waals surface area contributed by atoms with Crippen molar-refractivity contribution in [2.75, 3.05) is 6.54 Å². The molecule has 0 aliphatic rings. The van der Waals surface area contributed by atoms with Crippen LogP contribution in [0.2, 0.25) is 5.02 Å². The summed E-state index contributed by atoms with van der Waals surface area (Å²) < 4.78 is 10.3. The molecule has 0 radical (unpaired) electrons. The third-order valence-corrected chi connectivity index (χ3v) is 4.27. The molecule has 1 amide bonds.